The number of ether oxygens (including phenoxy) is 1. The van der Waals surface area contributed by atoms with Gasteiger partial charge in [0, 0.05) is 20.7 Å². The molecule has 8 nitrogen and oxygen atoms in total. The largest absolute Gasteiger partial charge is 0.478 e. The summed E-state index contributed by atoms with van der Waals surface area (Å²) in [5, 5.41) is 11.7. The number of anilines is 2. The lowest BCUT2D eigenvalue weighted by atomic mass is 10.2. The first kappa shape index (κ1) is 15.7. The highest BCUT2D eigenvalue weighted by Crippen LogP contribution is 2.18. The molecule has 8 heteroatoms. The van der Waals surface area contributed by atoms with Crippen molar-refractivity contribution in [2.45, 2.75) is 0 Å². The van der Waals surface area contributed by atoms with Gasteiger partial charge in [-0.25, -0.2) is 9.78 Å². The lowest BCUT2D eigenvalue weighted by Crippen LogP contribution is -2.37. The molecule has 0 fully saturated rings. The number of nitrogens with one attached hydrogen (secondary N) is 1. The lowest BCUT2D eigenvalue weighted by Gasteiger charge is -2.19. The molecule has 0 saturated carbocycles. The Balaban J connectivity index is 2.74. The molecule has 1 aromatic rings. The van der Waals surface area contributed by atoms with Crippen LogP contribution in [0.1, 0.15) is 10.4 Å². The molecule has 1 aromatic heterocycles. The Hall–Kier alpha value is -2.35. The number of hydrogen-bond acceptors (Lipinski definition) is 6. The maximum Gasteiger partial charge on any atom is 0.339 e. The number of likely N-dealkylation sites (N-methyl/N-ethyl adjacent to an activating group) is 1. The van der Waals surface area contributed by atoms with Crippen molar-refractivity contribution in [3.63, 3.8) is 0 Å². The van der Waals surface area contributed by atoms with Gasteiger partial charge in [0.15, 0.2) is 0 Å². The maximum absolute atomic E-state index is 11.6. The third-order valence-electron chi connectivity index (χ3n) is 2.49. The number of nitrogen functional groups attached to an aromatic ring is 1. The number of hydrogen-bond donors (Lipinski definition) is 3. The van der Waals surface area contributed by atoms with Crippen molar-refractivity contribution in [3.05, 3.63) is 17.8 Å². The molecule has 0 spiro atoms. The minimum absolute atomic E-state index is 0.0130. The zero-order valence-corrected chi connectivity index (χ0v) is 11.4. The van der Waals surface area contributed by atoms with E-state index in [4.69, 9.17) is 15.6 Å². The second kappa shape index (κ2) is 7.29. The molecule has 0 aliphatic rings. The molecular weight excluding hydrogens is 264 g/mol. The number of carbonyl (C=O) groups is 2. The normalized spacial score (nSPS) is 10.1. The molecule has 0 aliphatic carbocycles. The minimum Gasteiger partial charge on any atom is -0.478 e. The van der Waals surface area contributed by atoms with E-state index < -0.39 is 5.97 Å². The van der Waals surface area contributed by atoms with Crippen LogP contribution in [0.15, 0.2) is 12.3 Å². The molecule has 4 N–H and O–H groups in total. The molecule has 0 unspecified atom stereocenters. The van der Waals surface area contributed by atoms with E-state index in [-0.39, 0.29) is 29.5 Å². The average Bonchev–Trinajstić information content (AvgIpc) is 2.38. The van der Waals surface area contributed by atoms with Crippen LogP contribution in [0.25, 0.3) is 0 Å². The summed E-state index contributed by atoms with van der Waals surface area (Å²) in [5.41, 5.74) is 5.72. The SMILES string of the molecule is COCCNC(=O)CN(C)c1ncc(N)cc1C(=O)O. The second-order valence-electron chi connectivity index (χ2n) is 4.14. The van der Waals surface area contributed by atoms with Crippen molar-refractivity contribution in [3.8, 4) is 0 Å². The Morgan fingerprint density at radius 1 is 1.55 bits per heavy atom. The quantitative estimate of drug-likeness (QED) is 0.580. The highest BCUT2D eigenvalue weighted by Gasteiger charge is 2.17. The number of pyridine rings is 1. The van der Waals surface area contributed by atoms with Crippen molar-refractivity contribution in [2.24, 2.45) is 0 Å². The first-order chi connectivity index (χ1) is 9.45. The van der Waals surface area contributed by atoms with Crippen LogP contribution in [-0.4, -0.2) is 55.8 Å². The molecular formula is C12H18N4O4. The lowest BCUT2D eigenvalue weighted by molar-refractivity contribution is -0.119. The fourth-order valence-corrected chi connectivity index (χ4v) is 1.57. The van der Waals surface area contributed by atoms with Crippen molar-refractivity contribution < 1.29 is 19.4 Å². The van der Waals surface area contributed by atoms with Crippen molar-refractivity contribution in [2.75, 3.05) is 44.5 Å². The van der Waals surface area contributed by atoms with E-state index in [1.54, 1.807) is 7.05 Å². The van der Waals surface area contributed by atoms with E-state index in [0.717, 1.165) is 0 Å². The summed E-state index contributed by atoms with van der Waals surface area (Å²) >= 11 is 0. The smallest absolute Gasteiger partial charge is 0.339 e. The van der Waals surface area contributed by atoms with Gasteiger partial charge in [-0.3, -0.25) is 4.79 Å². The van der Waals surface area contributed by atoms with Crippen molar-refractivity contribution in [1.29, 1.82) is 0 Å². The van der Waals surface area contributed by atoms with Crippen LogP contribution >= 0.6 is 0 Å². The number of nitrogens with zero attached hydrogens (tertiary/aromatic N) is 2. The average molecular weight is 282 g/mol. The summed E-state index contributed by atoms with van der Waals surface area (Å²) < 4.78 is 4.81. The van der Waals surface area contributed by atoms with Gasteiger partial charge in [-0.2, -0.15) is 0 Å². The number of carboxylic acid groups (broad SMARTS) is 1. The topological polar surface area (TPSA) is 118 Å². The van der Waals surface area contributed by atoms with Crippen molar-refractivity contribution >= 4 is 23.4 Å². The molecule has 1 heterocycles. The number of aromatic nitrogens is 1. The van der Waals surface area contributed by atoms with Crippen LogP contribution in [0.2, 0.25) is 0 Å². The zero-order valence-electron chi connectivity index (χ0n) is 11.4. The van der Waals surface area contributed by atoms with E-state index in [2.05, 4.69) is 10.3 Å². The van der Waals surface area contributed by atoms with E-state index in [1.807, 2.05) is 0 Å². The molecule has 0 saturated heterocycles. The van der Waals surface area contributed by atoms with Gasteiger partial charge in [-0.1, -0.05) is 0 Å². The molecule has 0 bridgehead atoms. The van der Waals surface area contributed by atoms with Crippen LogP contribution in [0.5, 0.6) is 0 Å². The minimum atomic E-state index is -1.15. The summed E-state index contributed by atoms with van der Waals surface area (Å²) in [6.45, 7) is 0.793. The first-order valence-electron chi connectivity index (χ1n) is 5.91. The number of rotatable bonds is 7. The Bertz CT molecular complexity index is 492. The van der Waals surface area contributed by atoms with Crippen LogP contribution in [-0.2, 0) is 9.53 Å². The highest BCUT2D eigenvalue weighted by molar-refractivity contribution is 5.95. The molecule has 0 atom stereocenters. The summed E-state index contributed by atoms with van der Waals surface area (Å²) in [5.74, 6) is -1.21. The standard InChI is InChI=1S/C12H18N4O4/c1-16(7-10(17)14-3-4-20-2)11-9(12(18)19)5-8(13)6-15-11/h5-6H,3-4,7,13H2,1-2H3,(H,14,17)(H,18,19). The van der Waals surface area contributed by atoms with E-state index in [1.165, 1.54) is 24.3 Å². The second-order valence-corrected chi connectivity index (χ2v) is 4.14. The van der Waals surface area contributed by atoms with Gasteiger partial charge >= 0.3 is 5.97 Å². The number of aromatic carboxylic acids is 1. The van der Waals surface area contributed by atoms with Crippen LogP contribution < -0.4 is 16.0 Å². The van der Waals surface area contributed by atoms with Gasteiger partial charge in [0.25, 0.3) is 0 Å². The summed E-state index contributed by atoms with van der Waals surface area (Å²) in [7, 11) is 3.12. The molecule has 20 heavy (non-hydrogen) atoms. The number of carbonyl (C=O) groups excluding carboxylic acids is 1. The molecule has 0 aromatic carbocycles. The molecule has 0 radical (unpaired) electrons. The number of methoxy groups -OCH3 is 1. The Labute approximate surface area is 116 Å². The van der Waals surface area contributed by atoms with Crippen molar-refractivity contribution in [1.82, 2.24) is 10.3 Å². The third-order valence-corrected chi connectivity index (χ3v) is 2.49. The van der Waals surface area contributed by atoms with E-state index >= 15 is 0 Å². The fourth-order valence-electron chi connectivity index (χ4n) is 1.57. The maximum atomic E-state index is 11.6. The summed E-state index contributed by atoms with van der Waals surface area (Å²) in [6, 6.07) is 1.31. The Morgan fingerprint density at radius 2 is 2.25 bits per heavy atom. The van der Waals surface area contributed by atoms with E-state index in [0.29, 0.717) is 13.2 Å². The van der Waals surface area contributed by atoms with Crippen LogP contribution in [0.4, 0.5) is 11.5 Å². The Morgan fingerprint density at radius 3 is 2.85 bits per heavy atom. The molecule has 110 valence electrons. The van der Waals surface area contributed by atoms with Gasteiger partial charge in [0.2, 0.25) is 5.91 Å². The summed E-state index contributed by atoms with van der Waals surface area (Å²) in [4.78, 5) is 28.2. The first-order valence-corrected chi connectivity index (χ1v) is 5.91. The van der Waals surface area contributed by atoms with Gasteiger partial charge < -0.3 is 25.8 Å². The van der Waals surface area contributed by atoms with Crippen LogP contribution in [0.3, 0.4) is 0 Å². The zero-order chi connectivity index (χ0) is 15.1. The number of nitrogens with two attached hydrogens (primary N) is 1. The molecule has 0 aliphatic heterocycles. The number of amides is 1. The van der Waals surface area contributed by atoms with E-state index in [9.17, 15) is 9.59 Å². The number of carboxylic acids is 1. The molecule has 1 rings (SSSR count). The summed E-state index contributed by atoms with van der Waals surface area (Å²) in [6.07, 6.45) is 1.35. The van der Waals surface area contributed by atoms with Crippen LogP contribution in [0, 0.1) is 0 Å². The third kappa shape index (κ3) is 4.39. The molecule has 1 amide bonds. The van der Waals surface area contributed by atoms with Gasteiger partial charge in [0.05, 0.1) is 25.0 Å². The van der Waals surface area contributed by atoms with Gasteiger partial charge in [-0.05, 0) is 6.07 Å². The predicted molar refractivity (Wildman–Crippen MR) is 73.8 cm³/mol. The highest BCUT2D eigenvalue weighted by atomic mass is 16.5. The fraction of sp³-hybridized carbons (Fsp3) is 0.417. The Kier molecular flexibility index (Phi) is 5.73. The van der Waals surface area contributed by atoms with Gasteiger partial charge in [-0.15, -0.1) is 0 Å². The monoisotopic (exact) mass is 282 g/mol. The predicted octanol–water partition coefficient (Wildman–Crippen LogP) is -0.439. The van der Waals surface area contributed by atoms with Gasteiger partial charge in [0.1, 0.15) is 11.4 Å².